The maximum atomic E-state index is 12.9. The van der Waals surface area contributed by atoms with Gasteiger partial charge in [-0.1, -0.05) is 35.3 Å². The second kappa shape index (κ2) is 11.1. The van der Waals surface area contributed by atoms with Crippen molar-refractivity contribution >= 4 is 52.5 Å². The standard InChI is InChI=1S/C23H27Cl2N3O2S/c1-28-10-3-4-16-12-15(5-8-21(16)28)14-26-23(30)20(9-11-31-2)27-22(29)18-7-6-17(24)13-19(18)25/h5-8,12-13,20H,3-4,9-11,14H2,1-2H3,(H,26,30)(H,27,29). The van der Waals surface area contributed by atoms with Crippen molar-refractivity contribution in [3.05, 3.63) is 63.1 Å². The lowest BCUT2D eigenvalue weighted by molar-refractivity contribution is -0.123. The zero-order chi connectivity index (χ0) is 22.4. The van der Waals surface area contributed by atoms with Gasteiger partial charge in [0.25, 0.3) is 5.91 Å². The van der Waals surface area contributed by atoms with Crippen molar-refractivity contribution in [1.82, 2.24) is 10.6 Å². The van der Waals surface area contributed by atoms with Crippen LogP contribution in [0.4, 0.5) is 5.69 Å². The van der Waals surface area contributed by atoms with Crippen LogP contribution in [0, 0.1) is 0 Å². The molecule has 2 aromatic rings. The molecule has 0 spiro atoms. The smallest absolute Gasteiger partial charge is 0.253 e. The van der Waals surface area contributed by atoms with Gasteiger partial charge in [0.2, 0.25) is 5.91 Å². The Kier molecular flexibility index (Phi) is 8.52. The van der Waals surface area contributed by atoms with E-state index >= 15 is 0 Å². The molecule has 31 heavy (non-hydrogen) atoms. The van der Waals surface area contributed by atoms with Gasteiger partial charge < -0.3 is 15.5 Å². The van der Waals surface area contributed by atoms with Gasteiger partial charge >= 0.3 is 0 Å². The van der Waals surface area contributed by atoms with Crippen LogP contribution in [0.25, 0.3) is 0 Å². The molecule has 0 radical (unpaired) electrons. The summed E-state index contributed by atoms with van der Waals surface area (Å²) in [6, 6.07) is 10.4. The molecular formula is C23H27Cl2N3O2S. The molecule has 166 valence electrons. The number of aryl methyl sites for hydroxylation is 1. The van der Waals surface area contributed by atoms with E-state index in [4.69, 9.17) is 23.2 Å². The predicted octanol–water partition coefficient (Wildman–Crippen LogP) is 4.54. The molecule has 0 fully saturated rings. The number of nitrogens with zero attached hydrogens (tertiary/aromatic N) is 1. The van der Waals surface area contributed by atoms with Gasteiger partial charge in [0, 0.05) is 30.8 Å². The van der Waals surface area contributed by atoms with E-state index in [-0.39, 0.29) is 16.8 Å². The van der Waals surface area contributed by atoms with E-state index in [9.17, 15) is 9.59 Å². The van der Waals surface area contributed by atoms with Crippen molar-refractivity contribution in [3.8, 4) is 0 Å². The molecule has 0 saturated heterocycles. The van der Waals surface area contributed by atoms with Crippen LogP contribution in [0.2, 0.25) is 10.0 Å². The van der Waals surface area contributed by atoms with Gasteiger partial charge in [-0.25, -0.2) is 0 Å². The molecule has 0 aliphatic carbocycles. The number of fused-ring (bicyclic) bond motifs is 1. The summed E-state index contributed by atoms with van der Waals surface area (Å²) < 4.78 is 0. The normalized spacial score (nSPS) is 14.0. The van der Waals surface area contributed by atoms with Crippen LogP contribution in [0.3, 0.4) is 0 Å². The van der Waals surface area contributed by atoms with Crippen LogP contribution in [-0.4, -0.2) is 43.5 Å². The van der Waals surface area contributed by atoms with Crippen LogP contribution in [0.15, 0.2) is 36.4 Å². The molecule has 0 aromatic heterocycles. The molecule has 5 nitrogen and oxygen atoms in total. The van der Waals surface area contributed by atoms with E-state index in [2.05, 4.69) is 34.7 Å². The average Bonchev–Trinajstić information content (AvgIpc) is 2.74. The molecule has 2 amide bonds. The molecule has 0 bridgehead atoms. The van der Waals surface area contributed by atoms with E-state index in [0.717, 1.165) is 30.7 Å². The van der Waals surface area contributed by atoms with Gasteiger partial charge in [0.1, 0.15) is 6.04 Å². The van der Waals surface area contributed by atoms with Crippen molar-refractivity contribution in [2.75, 3.05) is 30.5 Å². The summed E-state index contributed by atoms with van der Waals surface area (Å²) in [5.41, 5.74) is 3.92. The first-order valence-electron chi connectivity index (χ1n) is 10.2. The van der Waals surface area contributed by atoms with E-state index in [1.807, 2.05) is 12.3 Å². The van der Waals surface area contributed by atoms with Crippen LogP contribution in [-0.2, 0) is 17.8 Å². The Labute approximate surface area is 197 Å². The third-order valence-electron chi connectivity index (χ3n) is 5.37. The number of rotatable bonds is 8. The maximum Gasteiger partial charge on any atom is 0.253 e. The van der Waals surface area contributed by atoms with Crippen LogP contribution in [0.1, 0.15) is 34.3 Å². The van der Waals surface area contributed by atoms with E-state index in [0.29, 0.717) is 23.6 Å². The lowest BCUT2D eigenvalue weighted by Gasteiger charge is -2.28. The number of benzene rings is 2. The van der Waals surface area contributed by atoms with Crippen molar-refractivity contribution < 1.29 is 9.59 Å². The summed E-state index contributed by atoms with van der Waals surface area (Å²) in [7, 11) is 2.10. The first-order chi connectivity index (χ1) is 14.9. The molecule has 8 heteroatoms. The van der Waals surface area contributed by atoms with Crippen LogP contribution in [0.5, 0.6) is 0 Å². The van der Waals surface area contributed by atoms with Gasteiger partial charge in [0.05, 0.1) is 10.6 Å². The lowest BCUT2D eigenvalue weighted by Crippen LogP contribution is -2.47. The number of amides is 2. The number of nitrogens with one attached hydrogen (secondary N) is 2. The third kappa shape index (κ3) is 6.31. The fourth-order valence-electron chi connectivity index (χ4n) is 3.68. The van der Waals surface area contributed by atoms with Gasteiger partial charge in [-0.3, -0.25) is 9.59 Å². The summed E-state index contributed by atoms with van der Waals surface area (Å²) in [6.45, 7) is 1.49. The van der Waals surface area contributed by atoms with Crippen molar-refractivity contribution in [2.24, 2.45) is 0 Å². The SMILES string of the molecule is CSCCC(NC(=O)c1ccc(Cl)cc1Cl)C(=O)NCc1ccc2c(c1)CCCN2C. The second-order valence-corrected chi connectivity index (χ2v) is 9.47. The molecule has 1 unspecified atom stereocenters. The summed E-state index contributed by atoms with van der Waals surface area (Å²) in [4.78, 5) is 27.8. The summed E-state index contributed by atoms with van der Waals surface area (Å²) in [6.07, 6.45) is 4.68. The number of anilines is 1. The monoisotopic (exact) mass is 479 g/mol. The molecule has 3 rings (SSSR count). The average molecular weight is 480 g/mol. The third-order valence-corrected chi connectivity index (χ3v) is 6.56. The van der Waals surface area contributed by atoms with E-state index < -0.39 is 6.04 Å². The first-order valence-corrected chi connectivity index (χ1v) is 12.4. The zero-order valence-corrected chi connectivity index (χ0v) is 20.0. The highest BCUT2D eigenvalue weighted by molar-refractivity contribution is 7.98. The number of hydrogen-bond acceptors (Lipinski definition) is 4. The number of carbonyl (C=O) groups is 2. The molecular weight excluding hydrogens is 453 g/mol. The summed E-state index contributed by atoms with van der Waals surface area (Å²) in [5.74, 6) is 0.153. The van der Waals surface area contributed by atoms with Gasteiger partial charge in [-0.05, 0) is 66.7 Å². The van der Waals surface area contributed by atoms with E-state index in [1.165, 1.54) is 17.3 Å². The molecule has 2 aromatic carbocycles. The second-order valence-electron chi connectivity index (χ2n) is 7.64. The molecule has 2 N–H and O–H groups in total. The molecule has 1 aliphatic heterocycles. The van der Waals surface area contributed by atoms with Gasteiger partial charge in [-0.15, -0.1) is 0 Å². The summed E-state index contributed by atoms with van der Waals surface area (Å²) >= 11 is 13.7. The Morgan fingerprint density at radius 2 is 2.00 bits per heavy atom. The first kappa shape index (κ1) is 23.8. The van der Waals surface area contributed by atoms with E-state index in [1.54, 1.807) is 23.9 Å². The summed E-state index contributed by atoms with van der Waals surface area (Å²) in [5, 5.41) is 6.51. The largest absolute Gasteiger partial charge is 0.374 e. The molecule has 1 aliphatic rings. The highest BCUT2D eigenvalue weighted by atomic mass is 35.5. The maximum absolute atomic E-state index is 12.9. The van der Waals surface area contributed by atoms with Crippen molar-refractivity contribution in [3.63, 3.8) is 0 Å². The highest BCUT2D eigenvalue weighted by Gasteiger charge is 2.22. The molecule has 1 heterocycles. The van der Waals surface area contributed by atoms with Crippen molar-refractivity contribution in [2.45, 2.75) is 31.8 Å². The Morgan fingerprint density at radius 1 is 1.19 bits per heavy atom. The molecule has 0 saturated carbocycles. The number of halogens is 2. The van der Waals surface area contributed by atoms with Crippen LogP contribution < -0.4 is 15.5 Å². The quantitative estimate of drug-likeness (QED) is 0.583. The predicted molar refractivity (Wildman–Crippen MR) is 131 cm³/mol. The number of hydrogen-bond donors (Lipinski definition) is 2. The fourth-order valence-corrected chi connectivity index (χ4v) is 4.64. The highest BCUT2D eigenvalue weighted by Crippen LogP contribution is 2.26. The van der Waals surface area contributed by atoms with Crippen LogP contribution >= 0.6 is 35.0 Å². The van der Waals surface area contributed by atoms with Crippen molar-refractivity contribution in [1.29, 1.82) is 0 Å². The Balaban J connectivity index is 1.65. The fraction of sp³-hybridized carbons (Fsp3) is 0.391. The molecule has 1 atom stereocenters. The van der Waals surface area contributed by atoms with Gasteiger partial charge in [-0.2, -0.15) is 11.8 Å². The Hall–Kier alpha value is -1.89. The van der Waals surface area contributed by atoms with Gasteiger partial charge in [0.15, 0.2) is 0 Å². The lowest BCUT2D eigenvalue weighted by atomic mass is 9.99. The zero-order valence-electron chi connectivity index (χ0n) is 17.7. The minimum absolute atomic E-state index is 0.206. The Morgan fingerprint density at radius 3 is 2.74 bits per heavy atom. The minimum Gasteiger partial charge on any atom is -0.374 e. The Bertz CT molecular complexity index is 954. The minimum atomic E-state index is -0.643. The topological polar surface area (TPSA) is 61.4 Å². The number of thioether (sulfide) groups is 1. The number of carbonyl (C=O) groups excluding carboxylic acids is 2.